The van der Waals surface area contributed by atoms with Crippen LogP contribution < -0.4 is 10.6 Å². The molecule has 4 atom stereocenters. The molecule has 4 nitrogen and oxygen atoms in total. The van der Waals surface area contributed by atoms with Crippen molar-refractivity contribution in [3.05, 3.63) is 35.9 Å². The van der Waals surface area contributed by atoms with Crippen molar-refractivity contribution in [3.8, 4) is 0 Å². The summed E-state index contributed by atoms with van der Waals surface area (Å²) in [7, 11) is 0. The Labute approximate surface area is 149 Å². The van der Waals surface area contributed by atoms with Crippen LogP contribution in [0.25, 0.3) is 0 Å². The van der Waals surface area contributed by atoms with Gasteiger partial charge in [0.25, 0.3) is 0 Å². The molecule has 0 spiro atoms. The van der Waals surface area contributed by atoms with E-state index in [1.807, 2.05) is 30.0 Å². The van der Waals surface area contributed by atoms with E-state index in [2.05, 4.69) is 29.7 Å². The molecule has 0 bridgehead atoms. The highest BCUT2D eigenvalue weighted by Crippen LogP contribution is 2.30. The first-order valence-electron chi connectivity index (χ1n) is 9.09. The third-order valence-electron chi connectivity index (χ3n) is 4.91. The Morgan fingerprint density at radius 3 is 2.62 bits per heavy atom. The van der Waals surface area contributed by atoms with E-state index in [-0.39, 0.29) is 18.2 Å². The molecule has 0 radical (unpaired) electrons. The van der Waals surface area contributed by atoms with E-state index in [1.165, 1.54) is 12.0 Å². The molecule has 132 valence electrons. The van der Waals surface area contributed by atoms with Gasteiger partial charge in [-0.2, -0.15) is 11.8 Å². The number of rotatable bonds is 5. The minimum Gasteiger partial charge on any atom is -0.373 e. The van der Waals surface area contributed by atoms with Crippen LogP contribution in [0.5, 0.6) is 0 Å². The lowest BCUT2D eigenvalue weighted by Gasteiger charge is -2.30. The number of carbonyl (C=O) groups excluding carboxylic acids is 1. The van der Waals surface area contributed by atoms with Crippen LogP contribution in [0, 0.1) is 0 Å². The van der Waals surface area contributed by atoms with E-state index in [9.17, 15) is 4.79 Å². The number of benzene rings is 1. The van der Waals surface area contributed by atoms with Gasteiger partial charge in [0, 0.05) is 23.9 Å². The van der Waals surface area contributed by atoms with Crippen LogP contribution in [-0.4, -0.2) is 35.7 Å². The Balaban J connectivity index is 1.44. The van der Waals surface area contributed by atoms with E-state index in [1.54, 1.807) is 0 Å². The van der Waals surface area contributed by atoms with Crippen molar-refractivity contribution >= 4 is 17.8 Å². The molecule has 2 amide bonds. The SMILES string of the molecule is CCS[C@@H]1CC[C@H](NC(=O)N[C@H]2CCO[C@@H](c3ccccc3)C2)C1. The lowest BCUT2D eigenvalue weighted by molar-refractivity contribution is 0.00222. The molecule has 1 saturated carbocycles. The Morgan fingerprint density at radius 1 is 1.12 bits per heavy atom. The highest BCUT2D eigenvalue weighted by molar-refractivity contribution is 7.99. The summed E-state index contributed by atoms with van der Waals surface area (Å²) in [6, 6.07) is 10.8. The molecule has 1 saturated heterocycles. The van der Waals surface area contributed by atoms with Gasteiger partial charge in [-0.15, -0.1) is 0 Å². The first-order chi connectivity index (χ1) is 11.7. The van der Waals surface area contributed by atoms with Crippen LogP contribution in [0.2, 0.25) is 0 Å². The van der Waals surface area contributed by atoms with Crippen molar-refractivity contribution in [1.29, 1.82) is 0 Å². The molecule has 1 aliphatic heterocycles. The number of thioether (sulfide) groups is 1. The van der Waals surface area contributed by atoms with Gasteiger partial charge >= 0.3 is 6.03 Å². The van der Waals surface area contributed by atoms with Gasteiger partial charge in [-0.05, 0) is 43.4 Å². The number of ether oxygens (including phenoxy) is 1. The lowest BCUT2D eigenvalue weighted by Crippen LogP contribution is -2.47. The number of hydrogen-bond acceptors (Lipinski definition) is 3. The van der Waals surface area contributed by atoms with E-state index < -0.39 is 0 Å². The fraction of sp³-hybridized carbons (Fsp3) is 0.632. The van der Waals surface area contributed by atoms with E-state index in [0.29, 0.717) is 17.9 Å². The third-order valence-corrected chi connectivity index (χ3v) is 6.15. The minimum atomic E-state index is -0.0131. The maximum atomic E-state index is 12.3. The van der Waals surface area contributed by atoms with Gasteiger partial charge in [-0.1, -0.05) is 37.3 Å². The van der Waals surface area contributed by atoms with Crippen LogP contribution in [0.1, 0.15) is 50.7 Å². The van der Waals surface area contributed by atoms with Gasteiger partial charge in [0.1, 0.15) is 0 Å². The maximum Gasteiger partial charge on any atom is 0.315 e. The predicted octanol–water partition coefficient (Wildman–Crippen LogP) is 3.88. The quantitative estimate of drug-likeness (QED) is 0.849. The zero-order valence-corrected chi connectivity index (χ0v) is 15.2. The normalized spacial score (nSPS) is 30.0. The van der Waals surface area contributed by atoms with Crippen LogP contribution in [0.3, 0.4) is 0 Å². The maximum absolute atomic E-state index is 12.3. The predicted molar refractivity (Wildman–Crippen MR) is 99.4 cm³/mol. The molecule has 1 aromatic rings. The first-order valence-corrected chi connectivity index (χ1v) is 10.1. The van der Waals surface area contributed by atoms with Crippen LogP contribution >= 0.6 is 11.8 Å². The first kappa shape index (κ1) is 17.6. The molecular weight excluding hydrogens is 320 g/mol. The fourth-order valence-electron chi connectivity index (χ4n) is 3.70. The lowest BCUT2D eigenvalue weighted by atomic mass is 9.97. The molecule has 5 heteroatoms. The van der Waals surface area contributed by atoms with Gasteiger partial charge in [-0.25, -0.2) is 4.79 Å². The van der Waals surface area contributed by atoms with E-state index in [4.69, 9.17) is 4.74 Å². The molecule has 0 unspecified atom stereocenters. The molecule has 1 aromatic carbocycles. The van der Waals surface area contributed by atoms with Gasteiger partial charge in [0.15, 0.2) is 0 Å². The summed E-state index contributed by atoms with van der Waals surface area (Å²) in [6.45, 7) is 2.90. The van der Waals surface area contributed by atoms with Crippen molar-refractivity contribution in [3.63, 3.8) is 0 Å². The van der Waals surface area contributed by atoms with Crippen molar-refractivity contribution < 1.29 is 9.53 Å². The van der Waals surface area contributed by atoms with E-state index >= 15 is 0 Å². The zero-order valence-electron chi connectivity index (χ0n) is 14.4. The fourth-order valence-corrected chi connectivity index (χ4v) is 4.84. The Bertz CT molecular complexity index is 525. The highest BCUT2D eigenvalue weighted by Gasteiger charge is 2.28. The molecule has 2 aliphatic rings. The number of hydrogen-bond donors (Lipinski definition) is 2. The second-order valence-electron chi connectivity index (χ2n) is 6.70. The molecule has 1 aliphatic carbocycles. The monoisotopic (exact) mass is 348 g/mol. The number of nitrogens with one attached hydrogen (secondary N) is 2. The Kier molecular flexibility index (Phi) is 6.44. The molecular formula is C19H28N2O2S. The molecule has 1 heterocycles. The van der Waals surface area contributed by atoms with Crippen LogP contribution in [-0.2, 0) is 4.74 Å². The number of urea groups is 1. The third kappa shape index (κ3) is 4.90. The highest BCUT2D eigenvalue weighted by atomic mass is 32.2. The molecule has 2 fully saturated rings. The topological polar surface area (TPSA) is 50.4 Å². The van der Waals surface area contributed by atoms with Crippen molar-refractivity contribution in [2.24, 2.45) is 0 Å². The second-order valence-corrected chi connectivity index (χ2v) is 8.27. The zero-order chi connectivity index (χ0) is 16.8. The van der Waals surface area contributed by atoms with E-state index in [0.717, 1.165) is 31.4 Å². The average molecular weight is 349 g/mol. The number of amides is 2. The van der Waals surface area contributed by atoms with Gasteiger partial charge < -0.3 is 15.4 Å². The summed E-state index contributed by atoms with van der Waals surface area (Å²) in [4.78, 5) is 12.3. The van der Waals surface area contributed by atoms with Crippen LogP contribution in [0.4, 0.5) is 4.79 Å². The largest absolute Gasteiger partial charge is 0.373 e. The summed E-state index contributed by atoms with van der Waals surface area (Å²) in [6.07, 6.45) is 5.24. The number of carbonyl (C=O) groups is 1. The summed E-state index contributed by atoms with van der Waals surface area (Å²) in [5.41, 5.74) is 1.19. The average Bonchev–Trinajstić information content (AvgIpc) is 3.03. The van der Waals surface area contributed by atoms with Crippen LogP contribution in [0.15, 0.2) is 30.3 Å². The van der Waals surface area contributed by atoms with Crippen molar-refractivity contribution in [2.45, 2.75) is 62.5 Å². The molecule has 0 aromatic heterocycles. The van der Waals surface area contributed by atoms with Crippen molar-refractivity contribution in [2.75, 3.05) is 12.4 Å². The minimum absolute atomic E-state index is 0.0131. The standard InChI is InChI=1S/C19H28N2O2S/c1-2-24-17-9-8-15(12-17)20-19(22)21-16-10-11-23-18(13-16)14-6-4-3-5-7-14/h3-7,15-18H,2,8-13H2,1H3,(H2,20,21,22)/t15-,16-,17+,18+/m0/s1. The van der Waals surface area contributed by atoms with Gasteiger partial charge in [0.2, 0.25) is 0 Å². The van der Waals surface area contributed by atoms with Gasteiger partial charge in [0.05, 0.1) is 6.10 Å². The molecule has 24 heavy (non-hydrogen) atoms. The summed E-state index contributed by atoms with van der Waals surface area (Å²) in [5.74, 6) is 1.16. The summed E-state index contributed by atoms with van der Waals surface area (Å²) in [5, 5.41) is 7.03. The van der Waals surface area contributed by atoms with Gasteiger partial charge in [-0.3, -0.25) is 0 Å². The summed E-state index contributed by atoms with van der Waals surface area (Å²) < 4.78 is 5.88. The molecule has 2 N–H and O–H groups in total. The summed E-state index contributed by atoms with van der Waals surface area (Å²) >= 11 is 2.02. The second kappa shape index (κ2) is 8.77. The van der Waals surface area contributed by atoms with Crippen molar-refractivity contribution in [1.82, 2.24) is 10.6 Å². The smallest absolute Gasteiger partial charge is 0.315 e. The molecule has 3 rings (SSSR count). The Morgan fingerprint density at radius 2 is 1.88 bits per heavy atom. The Hall–Kier alpha value is -1.20.